The van der Waals surface area contributed by atoms with E-state index in [1.54, 1.807) is 31.5 Å². The van der Waals surface area contributed by atoms with Gasteiger partial charge in [0.2, 0.25) is 5.13 Å². The van der Waals surface area contributed by atoms with Gasteiger partial charge in [-0.05, 0) is 36.3 Å². The molecule has 0 spiro atoms. The van der Waals surface area contributed by atoms with Crippen LogP contribution in [0.15, 0.2) is 24.5 Å². The Balaban J connectivity index is 1.55. The first kappa shape index (κ1) is 22.4. The van der Waals surface area contributed by atoms with Crippen LogP contribution in [-0.4, -0.2) is 53.0 Å². The van der Waals surface area contributed by atoms with E-state index in [4.69, 9.17) is 25.8 Å². The first-order valence-electron chi connectivity index (χ1n) is 9.97. The van der Waals surface area contributed by atoms with Gasteiger partial charge < -0.3 is 14.2 Å². The molecule has 0 unspecified atom stereocenters. The lowest BCUT2D eigenvalue weighted by molar-refractivity contribution is 0.102. The summed E-state index contributed by atoms with van der Waals surface area (Å²) in [6, 6.07) is 3.53. The Bertz CT molecular complexity index is 1130. The maximum atomic E-state index is 13.1. The van der Waals surface area contributed by atoms with Gasteiger partial charge >= 0.3 is 0 Å². The highest BCUT2D eigenvalue weighted by Crippen LogP contribution is 2.35. The summed E-state index contributed by atoms with van der Waals surface area (Å²) in [7, 11) is 1.54. The van der Waals surface area contributed by atoms with Crippen molar-refractivity contribution in [1.82, 2.24) is 20.2 Å². The molecule has 32 heavy (non-hydrogen) atoms. The molecule has 0 bridgehead atoms. The van der Waals surface area contributed by atoms with E-state index in [1.807, 2.05) is 0 Å². The van der Waals surface area contributed by atoms with Crippen molar-refractivity contribution in [3.63, 3.8) is 0 Å². The molecule has 11 heteroatoms. The highest BCUT2D eigenvalue weighted by molar-refractivity contribution is 7.17. The number of nitrogens with one attached hydrogen (secondary N) is 1. The fourth-order valence-corrected chi connectivity index (χ4v) is 4.32. The fourth-order valence-electron chi connectivity index (χ4n) is 3.40. The number of amides is 1. The molecule has 1 N–H and O–H groups in total. The zero-order valence-corrected chi connectivity index (χ0v) is 19.4. The van der Waals surface area contributed by atoms with Crippen LogP contribution in [0.4, 0.5) is 5.13 Å². The maximum Gasteiger partial charge on any atom is 0.295 e. The van der Waals surface area contributed by atoms with Gasteiger partial charge in [0.1, 0.15) is 10.9 Å². The molecule has 0 saturated carbocycles. The second-order valence-electron chi connectivity index (χ2n) is 7.47. The molecule has 3 aromatic rings. The molecule has 0 aromatic carbocycles. The Hall–Kier alpha value is -2.82. The van der Waals surface area contributed by atoms with Gasteiger partial charge in [0.25, 0.3) is 11.1 Å². The summed E-state index contributed by atoms with van der Waals surface area (Å²) in [5.41, 5.74) is 2.12. The number of ether oxygens (including phenoxy) is 3. The summed E-state index contributed by atoms with van der Waals surface area (Å²) in [5, 5.41) is 11.5. The molecular weight excluding hydrogens is 454 g/mol. The van der Waals surface area contributed by atoms with Crippen LogP contribution >= 0.6 is 22.9 Å². The van der Waals surface area contributed by atoms with E-state index in [1.165, 1.54) is 7.11 Å². The lowest BCUT2D eigenvalue weighted by atomic mass is 10.00. The summed E-state index contributed by atoms with van der Waals surface area (Å²) >= 11 is 7.53. The molecule has 1 amide bonds. The second kappa shape index (κ2) is 9.76. The summed E-state index contributed by atoms with van der Waals surface area (Å²) in [6.45, 7) is 5.82. The minimum atomic E-state index is -0.461. The quantitative estimate of drug-likeness (QED) is 0.513. The number of nitrogens with zero attached hydrogens (tertiary/aromatic N) is 4. The maximum absolute atomic E-state index is 13.1. The lowest BCUT2D eigenvalue weighted by Gasteiger charge is -2.14. The van der Waals surface area contributed by atoms with Crippen LogP contribution in [-0.2, 0) is 4.74 Å². The molecule has 1 aliphatic heterocycles. The zero-order valence-electron chi connectivity index (χ0n) is 17.8. The largest absolute Gasteiger partial charge is 0.494 e. The number of rotatable bonds is 7. The van der Waals surface area contributed by atoms with E-state index in [0.29, 0.717) is 57.9 Å². The molecule has 0 radical (unpaired) electrons. The Kier molecular flexibility index (Phi) is 6.83. The average molecular weight is 476 g/mol. The Morgan fingerprint density at radius 1 is 1.34 bits per heavy atom. The van der Waals surface area contributed by atoms with Crippen molar-refractivity contribution in [2.75, 3.05) is 32.2 Å². The van der Waals surface area contributed by atoms with Crippen molar-refractivity contribution in [3.05, 3.63) is 40.9 Å². The lowest BCUT2D eigenvalue weighted by Crippen LogP contribution is -2.17. The number of aromatic nitrogens is 4. The molecule has 9 nitrogen and oxygen atoms in total. The molecule has 4 rings (SSSR count). The van der Waals surface area contributed by atoms with Crippen LogP contribution in [0.1, 0.15) is 23.0 Å². The Morgan fingerprint density at radius 3 is 2.94 bits per heavy atom. The standard InChI is InChI=1S/C21H22ClN5O4S/c1-11-8-30-9-13(11)10-31-21-27-26-20(32-21)25-19(28)17-15(6-12(2)24-18(17)22)14-4-5-23-7-16(14)29-3/h4-7,11,13H,8-10H2,1-3H3,(H,25,26,28)/t11-,13-/m1/s1. The number of carbonyl (C=O) groups is 1. The van der Waals surface area contributed by atoms with Gasteiger partial charge in [0.05, 0.1) is 32.1 Å². The van der Waals surface area contributed by atoms with Crippen molar-refractivity contribution < 1.29 is 19.0 Å². The van der Waals surface area contributed by atoms with Crippen LogP contribution in [0.3, 0.4) is 0 Å². The van der Waals surface area contributed by atoms with E-state index in [2.05, 4.69) is 32.4 Å². The van der Waals surface area contributed by atoms with Gasteiger partial charge in [-0.3, -0.25) is 15.1 Å². The third kappa shape index (κ3) is 4.82. The molecule has 1 aliphatic rings. The van der Waals surface area contributed by atoms with Gasteiger partial charge in [0, 0.05) is 35.5 Å². The molecule has 3 aromatic heterocycles. The van der Waals surface area contributed by atoms with Crippen LogP contribution in [0.2, 0.25) is 5.15 Å². The number of hydrogen-bond donors (Lipinski definition) is 1. The van der Waals surface area contributed by atoms with Crippen molar-refractivity contribution >= 4 is 34.0 Å². The highest BCUT2D eigenvalue weighted by Gasteiger charge is 2.26. The van der Waals surface area contributed by atoms with Crippen molar-refractivity contribution in [1.29, 1.82) is 0 Å². The first-order valence-corrected chi connectivity index (χ1v) is 11.2. The molecule has 4 heterocycles. The van der Waals surface area contributed by atoms with E-state index in [0.717, 1.165) is 17.9 Å². The summed E-state index contributed by atoms with van der Waals surface area (Å²) in [4.78, 5) is 21.5. The average Bonchev–Trinajstić information content (AvgIpc) is 3.39. The van der Waals surface area contributed by atoms with Crippen LogP contribution in [0.25, 0.3) is 11.1 Å². The van der Waals surface area contributed by atoms with Crippen molar-refractivity contribution in [3.8, 4) is 22.1 Å². The smallest absolute Gasteiger partial charge is 0.295 e. The highest BCUT2D eigenvalue weighted by atomic mass is 35.5. The predicted molar refractivity (Wildman–Crippen MR) is 121 cm³/mol. The van der Waals surface area contributed by atoms with Gasteiger partial charge in [-0.15, -0.1) is 5.10 Å². The van der Waals surface area contributed by atoms with E-state index >= 15 is 0 Å². The number of aryl methyl sites for hydroxylation is 1. The molecule has 1 fully saturated rings. The summed E-state index contributed by atoms with van der Waals surface area (Å²) in [6.07, 6.45) is 3.19. The second-order valence-corrected chi connectivity index (χ2v) is 8.76. The first-order chi connectivity index (χ1) is 15.5. The third-order valence-electron chi connectivity index (χ3n) is 5.19. The van der Waals surface area contributed by atoms with Gasteiger partial charge in [-0.25, -0.2) is 4.98 Å². The Morgan fingerprint density at radius 2 is 2.19 bits per heavy atom. The van der Waals surface area contributed by atoms with Crippen molar-refractivity contribution in [2.24, 2.45) is 11.8 Å². The topological polar surface area (TPSA) is 108 Å². The molecule has 0 aliphatic carbocycles. The van der Waals surface area contributed by atoms with Crippen LogP contribution in [0, 0.1) is 18.8 Å². The number of pyridine rings is 2. The minimum Gasteiger partial charge on any atom is -0.494 e. The molecule has 2 atom stereocenters. The van der Waals surface area contributed by atoms with Crippen molar-refractivity contribution in [2.45, 2.75) is 13.8 Å². The minimum absolute atomic E-state index is 0.0765. The number of hydrogen-bond acceptors (Lipinski definition) is 9. The van der Waals surface area contributed by atoms with Gasteiger partial charge in [-0.1, -0.05) is 23.6 Å². The number of methoxy groups -OCH3 is 1. The van der Waals surface area contributed by atoms with Crippen LogP contribution < -0.4 is 14.8 Å². The zero-order chi connectivity index (χ0) is 22.7. The van der Waals surface area contributed by atoms with Gasteiger partial charge in [-0.2, -0.15) is 0 Å². The number of carbonyl (C=O) groups excluding carboxylic acids is 1. The molecule has 168 valence electrons. The normalized spacial score (nSPS) is 17.9. The monoisotopic (exact) mass is 475 g/mol. The SMILES string of the molecule is COc1cnccc1-c1cc(C)nc(Cl)c1C(=O)Nc1nnc(OC[C@H]2COC[C@H]2C)s1. The third-order valence-corrected chi connectivity index (χ3v) is 6.21. The Labute approximate surface area is 194 Å². The summed E-state index contributed by atoms with van der Waals surface area (Å²) < 4.78 is 16.6. The number of anilines is 1. The van der Waals surface area contributed by atoms with Crippen LogP contribution in [0.5, 0.6) is 10.9 Å². The predicted octanol–water partition coefficient (Wildman–Crippen LogP) is 3.88. The van der Waals surface area contributed by atoms with Gasteiger partial charge in [0.15, 0.2) is 0 Å². The molecular formula is C21H22ClN5O4S. The van der Waals surface area contributed by atoms with E-state index in [-0.39, 0.29) is 10.7 Å². The fraction of sp³-hybridized carbons (Fsp3) is 0.381. The van der Waals surface area contributed by atoms with E-state index in [9.17, 15) is 4.79 Å². The summed E-state index contributed by atoms with van der Waals surface area (Å²) in [5.74, 6) is 0.797. The van der Waals surface area contributed by atoms with E-state index < -0.39 is 5.91 Å². The number of halogens is 1. The molecule has 1 saturated heterocycles.